The van der Waals surface area contributed by atoms with Gasteiger partial charge in [0.25, 0.3) is 0 Å². The minimum absolute atomic E-state index is 0. The summed E-state index contributed by atoms with van der Waals surface area (Å²) in [6.45, 7) is 3.67. The van der Waals surface area contributed by atoms with Gasteiger partial charge in [-0.15, -0.1) is 6.61 Å². The molecule has 3 heteroatoms. The summed E-state index contributed by atoms with van der Waals surface area (Å²) < 4.78 is 0. The van der Waals surface area contributed by atoms with Gasteiger partial charge in [0.1, 0.15) is 0 Å². The van der Waals surface area contributed by atoms with Gasteiger partial charge in [-0.1, -0.05) is 13.8 Å². The van der Waals surface area contributed by atoms with Crippen LogP contribution in [0.25, 0.3) is 0 Å². The monoisotopic (exact) mass is 144 g/mol. The predicted molar refractivity (Wildman–Crippen MR) is 34.7 cm³/mol. The van der Waals surface area contributed by atoms with E-state index < -0.39 is 0 Å². The molecule has 0 saturated carbocycles. The van der Waals surface area contributed by atoms with E-state index in [1.54, 1.807) is 6.92 Å². The molecule has 0 aliphatic carbocycles. The third-order valence-corrected chi connectivity index (χ3v) is 0.671. The van der Waals surface area contributed by atoms with Crippen LogP contribution in [0.2, 0.25) is 0 Å². The minimum atomic E-state index is 0. The first-order chi connectivity index (χ1) is 3.33. The fourth-order valence-electron chi connectivity index (χ4n) is 0. The van der Waals surface area contributed by atoms with Gasteiger partial charge in [0.05, 0.1) is 0 Å². The van der Waals surface area contributed by atoms with Crippen molar-refractivity contribution in [3.05, 3.63) is 0 Å². The Hall–Kier alpha value is 1.31. The van der Waals surface area contributed by atoms with Crippen molar-refractivity contribution in [1.82, 2.24) is 0 Å². The van der Waals surface area contributed by atoms with Crippen LogP contribution in [-0.4, -0.2) is 12.4 Å². The van der Waals surface area contributed by atoms with Gasteiger partial charge in [-0.2, -0.15) is 12.6 Å². The summed E-state index contributed by atoms with van der Waals surface area (Å²) in [5, 5.41) is 8.93. The van der Waals surface area contributed by atoms with Crippen molar-refractivity contribution < 1.29 is 34.7 Å². The van der Waals surface area contributed by atoms with Crippen LogP contribution < -0.4 is 34.7 Å². The molecule has 0 rings (SSSR count). The second-order valence-corrected chi connectivity index (χ2v) is 1.46. The molecule has 0 aliphatic rings. The van der Waals surface area contributed by atoms with E-state index in [2.05, 4.69) is 19.6 Å². The summed E-state index contributed by atoms with van der Waals surface area (Å²) in [4.78, 5) is 0. The van der Waals surface area contributed by atoms with Crippen LogP contribution >= 0.6 is 12.6 Å². The molecule has 0 aromatic heterocycles. The van der Waals surface area contributed by atoms with Gasteiger partial charge in [-0.3, -0.25) is 0 Å². The smallest absolute Gasteiger partial charge is 0.855 e. The fourth-order valence-corrected chi connectivity index (χ4v) is 0. The largest absolute Gasteiger partial charge is 1.00 e. The Kier molecular flexibility index (Phi) is 48.2. The second kappa shape index (κ2) is 23.9. The third-order valence-electron chi connectivity index (χ3n) is 0.224. The third kappa shape index (κ3) is 54.5. The maximum Gasteiger partial charge on any atom is 1.00 e. The Balaban J connectivity index is -0.0000000575. The number of rotatable bonds is 1. The van der Waals surface area contributed by atoms with Crippen molar-refractivity contribution in [2.45, 2.75) is 20.3 Å². The van der Waals surface area contributed by atoms with Gasteiger partial charge in [-0.05, 0) is 12.2 Å². The average molecular weight is 144 g/mol. The molecule has 8 heavy (non-hydrogen) atoms. The molecule has 0 aromatic carbocycles. The van der Waals surface area contributed by atoms with Gasteiger partial charge in [0, 0.05) is 0 Å². The van der Waals surface area contributed by atoms with E-state index in [1.807, 2.05) is 0 Å². The first kappa shape index (κ1) is 16.1. The molecule has 0 bridgehead atoms. The van der Waals surface area contributed by atoms with Crippen LogP contribution in [0.3, 0.4) is 0 Å². The Bertz CT molecular complexity index is 19.9. The predicted octanol–water partition coefficient (Wildman–Crippen LogP) is -2.30. The van der Waals surface area contributed by atoms with Crippen LogP contribution in [-0.2, 0) is 0 Å². The van der Waals surface area contributed by atoms with E-state index in [0.717, 1.165) is 5.75 Å². The van der Waals surface area contributed by atoms with Crippen molar-refractivity contribution in [3.63, 3.8) is 0 Å². The maximum absolute atomic E-state index is 8.93. The van der Waals surface area contributed by atoms with Crippen molar-refractivity contribution in [3.8, 4) is 0 Å². The molecule has 0 amide bonds. The SMILES string of the molecule is CCCS.CC[O-].[Na+]. The quantitative estimate of drug-likeness (QED) is 0.324. The van der Waals surface area contributed by atoms with E-state index in [0.29, 0.717) is 0 Å². The van der Waals surface area contributed by atoms with Gasteiger partial charge >= 0.3 is 29.6 Å². The van der Waals surface area contributed by atoms with Crippen molar-refractivity contribution in [1.29, 1.82) is 0 Å². The number of hydrogen-bond donors (Lipinski definition) is 1. The zero-order valence-corrected chi connectivity index (χ0v) is 8.87. The second-order valence-electron chi connectivity index (χ2n) is 1.01. The Morgan fingerprint density at radius 3 is 1.50 bits per heavy atom. The summed E-state index contributed by atoms with van der Waals surface area (Å²) in [5.41, 5.74) is 0. The van der Waals surface area contributed by atoms with Gasteiger partial charge in [0.15, 0.2) is 0 Å². The first-order valence-corrected chi connectivity index (χ1v) is 3.15. The molecule has 0 radical (unpaired) electrons. The Morgan fingerprint density at radius 2 is 1.50 bits per heavy atom. The van der Waals surface area contributed by atoms with Crippen molar-refractivity contribution >= 4 is 12.6 Å². The standard InChI is InChI=1S/C3H8S.C2H5O.Na/c1-2-3-4;1-2-3;/h4H,2-3H2,1H3;2H2,1H3;/q;-1;+1. The summed E-state index contributed by atoms with van der Waals surface area (Å²) in [6.07, 6.45) is 1.18. The molecule has 1 nitrogen and oxygen atoms in total. The molecule has 0 spiro atoms. The summed E-state index contributed by atoms with van der Waals surface area (Å²) in [6, 6.07) is 0. The molecule has 0 unspecified atom stereocenters. The zero-order valence-electron chi connectivity index (χ0n) is 5.98. The molecule has 0 heterocycles. The van der Waals surface area contributed by atoms with Crippen LogP contribution in [0.5, 0.6) is 0 Å². The summed E-state index contributed by atoms with van der Waals surface area (Å²) in [7, 11) is 0. The van der Waals surface area contributed by atoms with Crippen LogP contribution in [0.1, 0.15) is 20.3 Å². The summed E-state index contributed by atoms with van der Waals surface area (Å²) >= 11 is 3.92. The molecule has 46 valence electrons. The topological polar surface area (TPSA) is 23.1 Å². The Morgan fingerprint density at radius 1 is 1.38 bits per heavy atom. The van der Waals surface area contributed by atoms with E-state index in [-0.39, 0.29) is 36.2 Å². The molecular weight excluding hydrogens is 131 g/mol. The average Bonchev–Trinajstić information content (AvgIpc) is 1.69. The first-order valence-electron chi connectivity index (χ1n) is 2.52. The molecular formula is C5H13NaOS. The zero-order chi connectivity index (χ0) is 6.12. The van der Waals surface area contributed by atoms with E-state index in [1.165, 1.54) is 6.42 Å². The van der Waals surface area contributed by atoms with Crippen LogP contribution in [0, 0.1) is 0 Å². The van der Waals surface area contributed by atoms with Gasteiger partial charge < -0.3 is 5.11 Å². The molecule has 0 aliphatic heterocycles. The van der Waals surface area contributed by atoms with Crippen LogP contribution in [0.15, 0.2) is 0 Å². The van der Waals surface area contributed by atoms with E-state index in [4.69, 9.17) is 5.11 Å². The molecule has 0 saturated heterocycles. The molecule has 0 N–H and O–H groups in total. The number of hydrogen-bond acceptors (Lipinski definition) is 2. The minimum Gasteiger partial charge on any atom is -0.855 e. The normalized spacial score (nSPS) is 6.00. The van der Waals surface area contributed by atoms with Crippen molar-refractivity contribution in [2.75, 3.05) is 12.4 Å². The maximum atomic E-state index is 8.93. The molecule has 0 aromatic rings. The number of thiol groups is 1. The molecule has 0 fully saturated rings. The van der Waals surface area contributed by atoms with Crippen molar-refractivity contribution in [2.24, 2.45) is 0 Å². The van der Waals surface area contributed by atoms with E-state index in [9.17, 15) is 0 Å². The fraction of sp³-hybridized carbons (Fsp3) is 1.00. The van der Waals surface area contributed by atoms with Gasteiger partial charge in [-0.25, -0.2) is 0 Å². The summed E-state index contributed by atoms with van der Waals surface area (Å²) in [5.74, 6) is 1.01. The van der Waals surface area contributed by atoms with Gasteiger partial charge in [0.2, 0.25) is 0 Å². The Labute approximate surface area is 79.6 Å². The van der Waals surface area contributed by atoms with E-state index >= 15 is 0 Å². The van der Waals surface area contributed by atoms with Crippen LogP contribution in [0.4, 0.5) is 0 Å². The molecule has 0 atom stereocenters.